The maximum atomic E-state index is 5.43. The molecule has 0 amide bonds. The van der Waals surface area contributed by atoms with Crippen LogP contribution in [0.25, 0.3) is 0 Å². The van der Waals surface area contributed by atoms with Gasteiger partial charge in [-0.15, -0.1) is 0 Å². The first-order valence-electron chi connectivity index (χ1n) is 9.29. The number of rotatable bonds is 7. The first-order chi connectivity index (χ1) is 10.8. The maximum Gasteiger partial charge on any atom is 0.193 e. The lowest BCUT2D eigenvalue weighted by Crippen LogP contribution is -2.40. The lowest BCUT2D eigenvalue weighted by Gasteiger charge is -2.27. The van der Waals surface area contributed by atoms with Gasteiger partial charge in [-0.3, -0.25) is 4.99 Å². The molecular weight excluding hydrogens is 274 g/mol. The monoisotopic (exact) mass is 309 g/mol. The van der Waals surface area contributed by atoms with Crippen molar-refractivity contribution in [3.8, 4) is 0 Å². The van der Waals surface area contributed by atoms with Gasteiger partial charge in [-0.05, 0) is 43.9 Å². The molecule has 2 rings (SSSR count). The molecule has 2 fully saturated rings. The summed E-state index contributed by atoms with van der Waals surface area (Å²) in [4.78, 5) is 6.71. The van der Waals surface area contributed by atoms with Gasteiger partial charge in [0.1, 0.15) is 0 Å². The quantitative estimate of drug-likeness (QED) is 0.445. The van der Waals surface area contributed by atoms with E-state index in [2.05, 4.69) is 22.3 Å². The average Bonchev–Trinajstić information content (AvgIpc) is 3.07. The third-order valence-electron chi connectivity index (χ3n) is 5.33. The summed E-state index contributed by atoms with van der Waals surface area (Å²) < 4.78 is 5.43. The molecule has 0 aromatic heterocycles. The minimum atomic E-state index is 0.830. The molecule has 2 aliphatic rings. The topological polar surface area (TPSA) is 36.9 Å². The fourth-order valence-electron chi connectivity index (χ4n) is 3.79. The zero-order chi connectivity index (χ0) is 15.6. The van der Waals surface area contributed by atoms with E-state index in [4.69, 9.17) is 4.74 Å². The molecule has 1 heterocycles. The van der Waals surface area contributed by atoms with E-state index in [-0.39, 0.29) is 0 Å². The summed E-state index contributed by atoms with van der Waals surface area (Å²) in [6.45, 7) is 4.04. The van der Waals surface area contributed by atoms with Crippen LogP contribution in [0.1, 0.15) is 57.8 Å². The van der Waals surface area contributed by atoms with Crippen LogP contribution >= 0.6 is 0 Å². The highest BCUT2D eigenvalue weighted by atomic mass is 16.5. The van der Waals surface area contributed by atoms with E-state index in [0.29, 0.717) is 0 Å². The molecule has 128 valence electrons. The SMILES string of the molecule is CN=C(NCCCC1CCCC1)N(C)CCC1CCOCC1. The van der Waals surface area contributed by atoms with E-state index < -0.39 is 0 Å². The summed E-state index contributed by atoms with van der Waals surface area (Å²) in [7, 11) is 4.05. The summed E-state index contributed by atoms with van der Waals surface area (Å²) in [5, 5.41) is 3.53. The van der Waals surface area contributed by atoms with Crippen LogP contribution in [-0.2, 0) is 4.74 Å². The van der Waals surface area contributed by atoms with Gasteiger partial charge in [-0.2, -0.15) is 0 Å². The van der Waals surface area contributed by atoms with Crippen molar-refractivity contribution in [1.29, 1.82) is 0 Å². The molecule has 0 aromatic carbocycles. The maximum absolute atomic E-state index is 5.43. The van der Waals surface area contributed by atoms with Crippen LogP contribution in [-0.4, -0.2) is 51.3 Å². The van der Waals surface area contributed by atoms with Crippen molar-refractivity contribution < 1.29 is 4.74 Å². The first-order valence-corrected chi connectivity index (χ1v) is 9.29. The molecule has 0 unspecified atom stereocenters. The van der Waals surface area contributed by atoms with E-state index in [0.717, 1.165) is 44.1 Å². The standard InChI is InChI=1S/C18H35N3O/c1-19-18(20-12-5-8-16-6-3-4-7-16)21(2)13-9-17-10-14-22-15-11-17/h16-17H,3-15H2,1-2H3,(H,19,20). The van der Waals surface area contributed by atoms with Gasteiger partial charge in [-0.25, -0.2) is 0 Å². The molecule has 1 saturated heterocycles. The van der Waals surface area contributed by atoms with Crippen molar-refractivity contribution in [2.45, 2.75) is 57.8 Å². The van der Waals surface area contributed by atoms with E-state index in [1.165, 1.54) is 57.8 Å². The van der Waals surface area contributed by atoms with E-state index in [9.17, 15) is 0 Å². The Kier molecular flexibility index (Phi) is 8.06. The summed E-state index contributed by atoms with van der Waals surface area (Å²) in [5.74, 6) is 2.88. The van der Waals surface area contributed by atoms with Gasteiger partial charge in [0.25, 0.3) is 0 Å². The van der Waals surface area contributed by atoms with Crippen molar-refractivity contribution in [2.24, 2.45) is 16.8 Å². The highest BCUT2D eigenvalue weighted by Gasteiger charge is 2.16. The lowest BCUT2D eigenvalue weighted by molar-refractivity contribution is 0.0625. The van der Waals surface area contributed by atoms with Gasteiger partial charge < -0.3 is 15.0 Å². The fraction of sp³-hybridized carbons (Fsp3) is 0.944. The zero-order valence-corrected chi connectivity index (χ0v) is 14.6. The average molecular weight is 309 g/mol. The van der Waals surface area contributed by atoms with E-state index in [1.54, 1.807) is 0 Å². The Labute approximate surface area is 136 Å². The van der Waals surface area contributed by atoms with Crippen LogP contribution in [0.3, 0.4) is 0 Å². The number of hydrogen-bond acceptors (Lipinski definition) is 2. The van der Waals surface area contributed by atoms with Crippen LogP contribution in [0.2, 0.25) is 0 Å². The number of ether oxygens (including phenoxy) is 1. The third-order valence-corrected chi connectivity index (χ3v) is 5.33. The Balaban J connectivity index is 1.57. The predicted molar refractivity (Wildman–Crippen MR) is 93.3 cm³/mol. The summed E-state index contributed by atoms with van der Waals surface area (Å²) in [6, 6.07) is 0. The zero-order valence-electron chi connectivity index (χ0n) is 14.6. The van der Waals surface area contributed by atoms with Gasteiger partial charge in [0.15, 0.2) is 5.96 Å². The first kappa shape index (κ1) is 17.6. The summed E-state index contributed by atoms with van der Waals surface area (Å²) in [6.07, 6.45) is 12.2. The Bertz CT molecular complexity index is 320. The highest BCUT2D eigenvalue weighted by molar-refractivity contribution is 5.79. The fourth-order valence-corrected chi connectivity index (χ4v) is 3.79. The second-order valence-corrected chi connectivity index (χ2v) is 7.03. The number of hydrogen-bond donors (Lipinski definition) is 1. The molecule has 0 atom stereocenters. The van der Waals surface area contributed by atoms with Crippen LogP contribution in [0.4, 0.5) is 0 Å². The Morgan fingerprint density at radius 2 is 1.77 bits per heavy atom. The lowest BCUT2D eigenvalue weighted by atomic mass is 9.96. The smallest absolute Gasteiger partial charge is 0.193 e. The number of nitrogens with zero attached hydrogens (tertiary/aromatic N) is 2. The summed E-state index contributed by atoms with van der Waals surface area (Å²) >= 11 is 0. The van der Waals surface area contributed by atoms with Gasteiger partial charge in [0.2, 0.25) is 0 Å². The highest BCUT2D eigenvalue weighted by Crippen LogP contribution is 2.28. The number of guanidine groups is 1. The van der Waals surface area contributed by atoms with Gasteiger partial charge in [0.05, 0.1) is 0 Å². The molecule has 4 heteroatoms. The van der Waals surface area contributed by atoms with Crippen molar-refractivity contribution in [3.05, 3.63) is 0 Å². The molecule has 22 heavy (non-hydrogen) atoms. The molecule has 1 saturated carbocycles. The van der Waals surface area contributed by atoms with Crippen molar-refractivity contribution >= 4 is 5.96 Å². The predicted octanol–water partition coefficient (Wildman–Crippen LogP) is 3.28. The molecule has 1 N–H and O–H groups in total. The van der Waals surface area contributed by atoms with Gasteiger partial charge in [-0.1, -0.05) is 25.7 Å². The third kappa shape index (κ3) is 6.15. The molecule has 0 spiro atoms. The normalized spacial score (nSPS) is 21.3. The summed E-state index contributed by atoms with van der Waals surface area (Å²) in [5.41, 5.74) is 0. The van der Waals surface area contributed by atoms with Crippen LogP contribution in [0.5, 0.6) is 0 Å². The number of nitrogens with one attached hydrogen (secondary N) is 1. The number of aliphatic imine (C=N–C) groups is 1. The van der Waals surface area contributed by atoms with Gasteiger partial charge >= 0.3 is 0 Å². The largest absolute Gasteiger partial charge is 0.381 e. The minimum absolute atomic E-state index is 0.830. The molecule has 1 aliphatic carbocycles. The van der Waals surface area contributed by atoms with E-state index >= 15 is 0 Å². The second-order valence-electron chi connectivity index (χ2n) is 7.03. The Morgan fingerprint density at radius 3 is 2.45 bits per heavy atom. The molecule has 0 radical (unpaired) electrons. The Hall–Kier alpha value is -0.770. The van der Waals surface area contributed by atoms with Crippen LogP contribution in [0, 0.1) is 11.8 Å². The molecule has 4 nitrogen and oxygen atoms in total. The van der Waals surface area contributed by atoms with Crippen LogP contribution < -0.4 is 5.32 Å². The molecule has 0 bridgehead atoms. The Morgan fingerprint density at radius 1 is 1.09 bits per heavy atom. The minimum Gasteiger partial charge on any atom is -0.381 e. The molecular formula is C18H35N3O. The van der Waals surface area contributed by atoms with E-state index in [1.807, 2.05) is 7.05 Å². The second kappa shape index (κ2) is 10.1. The molecule has 0 aromatic rings. The van der Waals surface area contributed by atoms with Crippen molar-refractivity contribution in [1.82, 2.24) is 10.2 Å². The van der Waals surface area contributed by atoms with Crippen molar-refractivity contribution in [2.75, 3.05) is 40.4 Å². The van der Waals surface area contributed by atoms with Crippen LogP contribution in [0.15, 0.2) is 4.99 Å². The van der Waals surface area contributed by atoms with Crippen molar-refractivity contribution in [3.63, 3.8) is 0 Å². The molecule has 1 aliphatic heterocycles. The van der Waals surface area contributed by atoms with Gasteiger partial charge in [0, 0.05) is 40.4 Å².